The second-order valence-electron chi connectivity index (χ2n) is 4.44. The van der Waals surface area contributed by atoms with E-state index >= 15 is 0 Å². The summed E-state index contributed by atoms with van der Waals surface area (Å²) in [5, 5.41) is 2.80. The van der Waals surface area contributed by atoms with Crippen LogP contribution in [-0.4, -0.2) is 31.8 Å². The third-order valence-electron chi connectivity index (χ3n) is 2.93. The fraction of sp³-hybridized carbons (Fsp3) is 0.143. The van der Waals surface area contributed by atoms with Crippen molar-refractivity contribution >= 4 is 27.5 Å². The topological polar surface area (TPSA) is 72.2 Å². The Labute approximate surface area is 129 Å². The van der Waals surface area contributed by atoms with Crippen LogP contribution in [-0.2, 0) is 6.42 Å². The molecular weight excluding hydrogens is 334 g/mol. The van der Waals surface area contributed by atoms with Crippen molar-refractivity contribution in [3.8, 4) is 0 Å². The van der Waals surface area contributed by atoms with Crippen molar-refractivity contribution in [1.82, 2.24) is 24.7 Å². The first kappa shape index (κ1) is 13.7. The number of nitrogens with zero attached hydrogens (tertiary/aromatic N) is 4. The van der Waals surface area contributed by atoms with Gasteiger partial charge in [-0.1, -0.05) is 0 Å². The lowest BCUT2D eigenvalue weighted by atomic mass is 10.3. The average Bonchev–Trinajstić information content (AvgIpc) is 2.89. The summed E-state index contributed by atoms with van der Waals surface area (Å²) in [5.74, 6) is -0.227. The van der Waals surface area contributed by atoms with Crippen molar-refractivity contribution in [2.24, 2.45) is 0 Å². The predicted octanol–water partition coefficient (Wildman–Crippen LogP) is 1.86. The number of pyridine rings is 1. The van der Waals surface area contributed by atoms with Gasteiger partial charge in [0.25, 0.3) is 5.91 Å². The van der Waals surface area contributed by atoms with Crippen LogP contribution in [0.4, 0.5) is 0 Å². The van der Waals surface area contributed by atoms with Crippen molar-refractivity contribution in [2.75, 3.05) is 6.54 Å². The maximum Gasteiger partial charge on any atom is 0.271 e. The molecule has 6 nitrogen and oxygen atoms in total. The van der Waals surface area contributed by atoms with Crippen LogP contribution in [0.5, 0.6) is 0 Å². The Morgan fingerprint density at radius 2 is 2.19 bits per heavy atom. The zero-order valence-electron chi connectivity index (χ0n) is 11.0. The van der Waals surface area contributed by atoms with Gasteiger partial charge < -0.3 is 9.72 Å². The zero-order valence-corrected chi connectivity index (χ0v) is 12.6. The number of aromatic nitrogens is 4. The number of imidazole rings is 1. The van der Waals surface area contributed by atoms with E-state index < -0.39 is 0 Å². The van der Waals surface area contributed by atoms with E-state index in [0.717, 1.165) is 15.8 Å². The van der Waals surface area contributed by atoms with Crippen LogP contribution in [0.1, 0.15) is 16.2 Å². The van der Waals surface area contributed by atoms with Crippen molar-refractivity contribution in [2.45, 2.75) is 6.42 Å². The number of amides is 1. The van der Waals surface area contributed by atoms with Crippen molar-refractivity contribution in [1.29, 1.82) is 0 Å². The molecule has 0 aromatic carbocycles. The number of fused-ring (bicyclic) bond motifs is 1. The van der Waals surface area contributed by atoms with Crippen LogP contribution in [0, 0.1) is 0 Å². The van der Waals surface area contributed by atoms with E-state index in [1.54, 1.807) is 0 Å². The molecule has 0 aliphatic carbocycles. The number of carbonyl (C=O) groups is 1. The molecule has 0 saturated carbocycles. The van der Waals surface area contributed by atoms with Crippen molar-refractivity contribution in [3.63, 3.8) is 0 Å². The number of halogens is 1. The van der Waals surface area contributed by atoms with E-state index in [2.05, 4.69) is 36.2 Å². The summed E-state index contributed by atoms with van der Waals surface area (Å²) in [6.45, 7) is 0.500. The Bertz CT molecular complexity index is 771. The minimum atomic E-state index is -0.227. The Hall–Kier alpha value is -2.28. The highest BCUT2D eigenvalue weighted by Crippen LogP contribution is 2.12. The van der Waals surface area contributed by atoms with Crippen LogP contribution in [0.3, 0.4) is 0 Å². The first-order valence-electron chi connectivity index (χ1n) is 6.40. The van der Waals surface area contributed by atoms with Gasteiger partial charge in [0.1, 0.15) is 11.3 Å². The Morgan fingerprint density at radius 1 is 1.29 bits per heavy atom. The molecule has 106 valence electrons. The van der Waals surface area contributed by atoms with Crippen LogP contribution < -0.4 is 5.32 Å². The molecule has 3 rings (SSSR count). The lowest BCUT2D eigenvalue weighted by Gasteiger charge is -2.02. The van der Waals surface area contributed by atoms with E-state index in [4.69, 9.17) is 0 Å². The summed E-state index contributed by atoms with van der Waals surface area (Å²) < 4.78 is 2.94. The second-order valence-corrected chi connectivity index (χ2v) is 5.36. The smallest absolute Gasteiger partial charge is 0.271 e. The second kappa shape index (κ2) is 6.01. The molecule has 3 aromatic heterocycles. The van der Waals surface area contributed by atoms with Crippen molar-refractivity contribution in [3.05, 3.63) is 59.0 Å². The van der Waals surface area contributed by atoms with Gasteiger partial charge in [-0.15, -0.1) is 0 Å². The molecule has 0 aliphatic rings. The third-order valence-corrected chi connectivity index (χ3v) is 3.40. The molecule has 0 fully saturated rings. The highest BCUT2D eigenvalue weighted by Gasteiger charge is 2.07. The van der Waals surface area contributed by atoms with Gasteiger partial charge in [-0.05, 0) is 28.1 Å². The highest BCUT2D eigenvalue weighted by atomic mass is 79.9. The molecule has 0 aliphatic heterocycles. The number of rotatable bonds is 4. The summed E-state index contributed by atoms with van der Waals surface area (Å²) in [4.78, 5) is 24.1. The summed E-state index contributed by atoms with van der Waals surface area (Å²) >= 11 is 3.42. The summed E-state index contributed by atoms with van der Waals surface area (Å²) in [7, 11) is 0. The summed E-state index contributed by atoms with van der Waals surface area (Å²) in [6.07, 6.45) is 9.03. The van der Waals surface area contributed by atoms with Gasteiger partial charge in [0.05, 0.1) is 11.9 Å². The van der Waals surface area contributed by atoms with Gasteiger partial charge in [0.2, 0.25) is 0 Å². The molecule has 0 bridgehead atoms. The minimum Gasteiger partial charge on any atom is -0.350 e. The Kier molecular flexibility index (Phi) is 3.92. The largest absolute Gasteiger partial charge is 0.350 e. The molecule has 0 saturated heterocycles. The quantitative estimate of drug-likeness (QED) is 0.783. The molecule has 3 heterocycles. The summed E-state index contributed by atoms with van der Waals surface area (Å²) in [6, 6.07) is 3.88. The molecule has 1 N–H and O–H groups in total. The monoisotopic (exact) mass is 345 g/mol. The molecule has 0 spiro atoms. The number of carbonyl (C=O) groups excluding carboxylic acids is 1. The Balaban J connectivity index is 1.60. The van der Waals surface area contributed by atoms with E-state index in [-0.39, 0.29) is 5.91 Å². The van der Waals surface area contributed by atoms with E-state index in [1.165, 1.54) is 18.6 Å². The number of nitrogens with one attached hydrogen (secondary N) is 1. The van der Waals surface area contributed by atoms with Gasteiger partial charge >= 0.3 is 0 Å². The van der Waals surface area contributed by atoms with Gasteiger partial charge in [0, 0.05) is 42.2 Å². The molecule has 1 amide bonds. The molecule has 21 heavy (non-hydrogen) atoms. The van der Waals surface area contributed by atoms with E-state index in [1.807, 2.05) is 28.9 Å². The molecule has 0 unspecified atom stereocenters. The number of hydrogen-bond acceptors (Lipinski definition) is 4. The fourth-order valence-corrected chi connectivity index (χ4v) is 2.30. The van der Waals surface area contributed by atoms with Gasteiger partial charge in [-0.25, -0.2) is 9.97 Å². The van der Waals surface area contributed by atoms with Gasteiger partial charge in [0.15, 0.2) is 0 Å². The average molecular weight is 346 g/mol. The summed E-state index contributed by atoms with van der Waals surface area (Å²) in [5.41, 5.74) is 2.12. The van der Waals surface area contributed by atoms with Crippen LogP contribution in [0.25, 0.3) is 5.65 Å². The van der Waals surface area contributed by atoms with Crippen molar-refractivity contribution < 1.29 is 4.79 Å². The number of hydrogen-bond donors (Lipinski definition) is 1. The molecule has 7 heteroatoms. The van der Waals surface area contributed by atoms with E-state index in [9.17, 15) is 4.79 Å². The molecule has 0 atom stereocenters. The van der Waals surface area contributed by atoms with Crippen LogP contribution in [0.2, 0.25) is 0 Å². The Morgan fingerprint density at radius 3 is 3.00 bits per heavy atom. The lowest BCUT2D eigenvalue weighted by molar-refractivity contribution is 0.0948. The zero-order chi connectivity index (χ0) is 14.7. The SMILES string of the molecule is O=C(NCCc1cn2cc(Br)ccc2n1)c1cnccn1. The maximum absolute atomic E-state index is 11.8. The first-order valence-corrected chi connectivity index (χ1v) is 7.19. The molecular formula is C14H12BrN5O. The van der Waals surface area contributed by atoms with Crippen LogP contribution >= 0.6 is 15.9 Å². The highest BCUT2D eigenvalue weighted by molar-refractivity contribution is 9.10. The standard InChI is InChI=1S/C14H12BrN5O/c15-10-1-2-13-19-11(9-20(13)8-10)3-4-18-14(21)12-7-16-5-6-17-12/h1-2,5-9H,3-4H2,(H,18,21). The fourth-order valence-electron chi connectivity index (χ4n) is 1.95. The lowest BCUT2D eigenvalue weighted by Crippen LogP contribution is -2.26. The maximum atomic E-state index is 11.8. The molecule has 0 radical (unpaired) electrons. The normalized spacial score (nSPS) is 10.7. The van der Waals surface area contributed by atoms with Gasteiger partial charge in [-0.2, -0.15) is 0 Å². The third kappa shape index (κ3) is 3.25. The van der Waals surface area contributed by atoms with Gasteiger partial charge in [-0.3, -0.25) is 9.78 Å². The first-order chi connectivity index (χ1) is 10.2. The van der Waals surface area contributed by atoms with Crippen LogP contribution in [0.15, 0.2) is 47.6 Å². The molecule has 3 aromatic rings. The minimum absolute atomic E-state index is 0.227. The van der Waals surface area contributed by atoms with E-state index in [0.29, 0.717) is 18.7 Å². The predicted molar refractivity (Wildman–Crippen MR) is 81.0 cm³/mol.